The van der Waals surface area contributed by atoms with Gasteiger partial charge in [-0.05, 0) is 18.6 Å². The molecule has 0 saturated carbocycles. The highest BCUT2D eigenvalue weighted by atomic mass is 16.2. The quantitative estimate of drug-likeness (QED) is 0.763. The summed E-state index contributed by atoms with van der Waals surface area (Å²) in [4.78, 5) is 25.6. The van der Waals surface area contributed by atoms with Gasteiger partial charge in [0.25, 0.3) is 5.56 Å². The molecule has 0 N–H and O–H groups in total. The number of anilines is 1. The maximum absolute atomic E-state index is 12.3. The van der Waals surface area contributed by atoms with Crippen molar-refractivity contribution in [2.24, 2.45) is 7.05 Å². The number of aromatic nitrogens is 1. The van der Waals surface area contributed by atoms with E-state index in [9.17, 15) is 9.59 Å². The maximum Gasteiger partial charge on any atom is 0.274 e. The van der Waals surface area contributed by atoms with Gasteiger partial charge in [-0.2, -0.15) is 0 Å². The van der Waals surface area contributed by atoms with Crippen LogP contribution in [0.4, 0.5) is 5.69 Å². The Morgan fingerprint density at radius 2 is 1.94 bits per heavy atom. The number of rotatable bonds is 1. The van der Waals surface area contributed by atoms with Crippen LogP contribution in [0.1, 0.15) is 12.8 Å². The zero-order chi connectivity index (χ0) is 12.7. The predicted molar refractivity (Wildman–Crippen MR) is 70.8 cm³/mol. The molecule has 1 fully saturated rings. The number of carbonyl (C=O) groups is 1. The van der Waals surface area contributed by atoms with E-state index in [4.69, 9.17) is 0 Å². The van der Waals surface area contributed by atoms with Crippen LogP contribution in [-0.4, -0.2) is 17.0 Å². The molecule has 0 atom stereocenters. The van der Waals surface area contributed by atoms with Crippen LogP contribution >= 0.6 is 0 Å². The van der Waals surface area contributed by atoms with E-state index in [-0.39, 0.29) is 11.5 Å². The molecule has 1 aliphatic heterocycles. The Kier molecular flexibility index (Phi) is 2.44. The lowest BCUT2D eigenvalue weighted by Gasteiger charge is -2.17. The van der Waals surface area contributed by atoms with E-state index in [1.54, 1.807) is 16.5 Å². The second kappa shape index (κ2) is 3.98. The molecule has 1 aromatic heterocycles. The smallest absolute Gasteiger partial charge is 0.274 e. The number of pyridine rings is 1. The predicted octanol–water partition coefficient (Wildman–Crippen LogP) is 1.67. The van der Waals surface area contributed by atoms with Crippen LogP contribution in [0.3, 0.4) is 0 Å². The minimum Gasteiger partial charge on any atom is -0.310 e. The number of aryl methyl sites for hydroxylation is 1. The highest BCUT2D eigenvalue weighted by Gasteiger charge is 2.24. The van der Waals surface area contributed by atoms with Crippen molar-refractivity contribution in [1.82, 2.24) is 4.57 Å². The van der Waals surface area contributed by atoms with E-state index < -0.39 is 0 Å². The van der Waals surface area contributed by atoms with Crippen molar-refractivity contribution in [3.8, 4) is 0 Å². The third-order valence-corrected chi connectivity index (χ3v) is 3.48. The number of fused-ring (bicyclic) bond motifs is 1. The molecule has 1 aliphatic rings. The summed E-state index contributed by atoms with van der Waals surface area (Å²) in [6.45, 7) is 0.645. The van der Waals surface area contributed by atoms with Gasteiger partial charge in [-0.3, -0.25) is 9.59 Å². The molecule has 4 nitrogen and oxygen atoms in total. The Hall–Kier alpha value is -2.10. The summed E-state index contributed by atoms with van der Waals surface area (Å²) in [6.07, 6.45) is 1.37. The number of hydrogen-bond donors (Lipinski definition) is 0. The van der Waals surface area contributed by atoms with E-state index in [2.05, 4.69) is 0 Å². The monoisotopic (exact) mass is 242 g/mol. The third-order valence-electron chi connectivity index (χ3n) is 3.48. The Bertz CT molecular complexity index is 688. The van der Waals surface area contributed by atoms with Crippen LogP contribution in [0.2, 0.25) is 0 Å². The second-order valence-corrected chi connectivity index (χ2v) is 4.60. The van der Waals surface area contributed by atoms with Crippen molar-refractivity contribution >= 4 is 22.5 Å². The van der Waals surface area contributed by atoms with Crippen molar-refractivity contribution in [3.63, 3.8) is 0 Å². The summed E-state index contributed by atoms with van der Waals surface area (Å²) in [5.74, 6) is 0.0439. The normalized spacial score (nSPS) is 15.6. The zero-order valence-electron chi connectivity index (χ0n) is 10.2. The van der Waals surface area contributed by atoms with E-state index in [1.807, 2.05) is 30.3 Å². The van der Waals surface area contributed by atoms with Crippen molar-refractivity contribution in [1.29, 1.82) is 0 Å². The number of carbonyl (C=O) groups excluding carboxylic acids is 1. The van der Waals surface area contributed by atoms with Gasteiger partial charge in [0.05, 0.1) is 5.52 Å². The molecule has 2 heterocycles. The number of amides is 1. The highest BCUT2D eigenvalue weighted by molar-refractivity contribution is 5.97. The van der Waals surface area contributed by atoms with Crippen LogP contribution in [-0.2, 0) is 11.8 Å². The van der Waals surface area contributed by atoms with E-state index in [0.717, 1.165) is 17.3 Å². The topological polar surface area (TPSA) is 42.3 Å². The first-order chi connectivity index (χ1) is 8.68. The van der Waals surface area contributed by atoms with Gasteiger partial charge in [0.15, 0.2) is 0 Å². The Morgan fingerprint density at radius 1 is 1.17 bits per heavy atom. The zero-order valence-corrected chi connectivity index (χ0v) is 10.2. The average Bonchev–Trinajstić information content (AvgIpc) is 2.80. The summed E-state index contributed by atoms with van der Waals surface area (Å²) in [5, 5.41) is 0.981. The first-order valence-corrected chi connectivity index (χ1v) is 6.07. The van der Waals surface area contributed by atoms with Crippen LogP contribution in [0.5, 0.6) is 0 Å². The van der Waals surface area contributed by atoms with Gasteiger partial charge < -0.3 is 9.47 Å². The number of para-hydroxylation sites is 1. The number of benzene rings is 1. The molecule has 18 heavy (non-hydrogen) atoms. The third kappa shape index (κ3) is 1.53. The van der Waals surface area contributed by atoms with Crippen LogP contribution in [0.15, 0.2) is 35.1 Å². The largest absolute Gasteiger partial charge is 0.310 e. The van der Waals surface area contributed by atoms with Crippen LogP contribution in [0.25, 0.3) is 10.9 Å². The number of nitrogens with zero attached hydrogens (tertiary/aromatic N) is 2. The first kappa shape index (κ1) is 11.0. The molecule has 0 spiro atoms. The molecule has 2 aromatic rings. The Labute approximate surface area is 104 Å². The summed E-state index contributed by atoms with van der Waals surface area (Å²) < 4.78 is 1.61. The molecule has 3 rings (SSSR count). The fourth-order valence-corrected chi connectivity index (χ4v) is 2.50. The van der Waals surface area contributed by atoms with E-state index in [0.29, 0.717) is 18.7 Å². The molecule has 1 saturated heterocycles. The number of hydrogen-bond acceptors (Lipinski definition) is 2. The molecule has 1 aromatic carbocycles. The fourth-order valence-electron chi connectivity index (χ4n) is 2.50. The summed E-state index contributed by atoms with van der Waals surface area (Å²) in [6, 6.07) is 9.52. The first-order valence-electron chi connectivity index (χ1n) is 6.07. The van der Waals surface area contributed by atoms with Gasteiger partial charge in [0.1, 0.15) is 5.69 Å². The van der Waals surface area contributed by atoms with E-state index in [1.165, 1.54) is 0 Å². The molecular weight excluding hydrogens is 228 g/mol. The average molecular weight is 242 g/mol. The van der Waals surface area contributed by atoms with Gasteiger partial charge in [-0.25, -0.2) is 0 Å². The summed E-state index contributed by atoms with van der Waals surface area (Å²) in [7, 11) is 1.74. The molecule has 92 valence electrons. The minimum atomic E-state index is -0.107. The van der Waals surface area contributed by atoms with Crippen molar-refractivity contribution in [2.45, 2.75) is 12.8 Å². The standard InChI is InChI=1S/C14H14N2O2/c1-15-11-6-3-2-5-10(11)9-12(14(15)18)16-8-4-7-13(16)17/h2-3,5-6,9H,4,7-8H2,1H3. The van der Waals surface area contributed by atoms with Crippen molar-refractivity contribution in [3.05, 3.63) is 40.7 Å². The maximum atomic E-state index is 12.3. The molecule has 0 bridgehead atoms. The molecule has 4 heteroatoms. The van der Waals surface area contributed by atoms with Gasteiger partial charge in [0.2, 0.25) is 5.91 Å². The lowest BCUT2D eigenvalue weighted by Crippen LogP contribution is -2.32. The van der Waals surface area contributed by atoms with Crippen molar-refractivity contribution in [2.75, 3.05) is 11.4 Å². The van der Waals surface area contributed by atoms with Crippen LogP contribution in [0, 0.1) is 0 Å². The van der Waals surface area contributed by atoms with Gasteiger partial charge in [-0.15, -0.1) is 0 Å². The SMILES string of the molecule is Cn1c(=O)c(N2CCCC2=O)cc2ccccc21. The highest BCUT2D eigenvalue weighted by Crippen LogP contribution is 2.21. The second-order valence-electron chi connectivity index (χ2n) is 4.60. The lowest BCUT2D eigenvalue weighted by molar-refractivity contribution is -0.117. The molecule has 0 aliphatic carbocycles. The minimum absolute atomic E-state index is 0.0439. The summed E-state index contributed by atoms with van der Waals surface area (Å²) >= 11 is 0. The fraction of sp³-hybridized carbons (Fsp3) is 0.286. The Morgan fingerprint density at radius 3 is 2.67 bits per heavy atom. The van der Waals surface area contributed by atoms with Gasteiger partial charge in [-0.1, -0.05) is 18.2 Å². The molecule has 0 unspecified atom stereocenters. The van der Waals surface area contributed by atoms with Crippen molar-refractivity contribution < 1.29 is 4.79 Å². The van der Waals surface area contributed by atoms with Gasteiger partial charge in [0, 0.05) is 25.4 Å². The summed E-state index contributed by atoms with van der Waals surface area (Å²) in [5.41, 5.74) is 1.28. The Balaban J connectivity index is 2.27. The van der Waals surface area contributed by atoms with Gasteiger partial charge >= 0.3 is 0 Å². The van der Waals surface area contributed by atoms with Crippen LogP contribution < -0.4 is 10.5 Å². The molecular formula is C14H14N2O2. The molecule has 0 radical (unpaired) electrons. The molecule has 1 amide bonds. The lowest BCUT2D eigenvalue weighted by atomic mass is 10.2. The van der Waals surface area contributed by atoms with E-state index >= 15 is 0 Å².